The molecule has 0 aliphatic rings. The normalized spacial score (nSPS) is 11.2. The van der Waals surface area contributed by atoms with Crippen LogP contribution in [0.3, 0.4) is 0 Å². The molecule has 0 fully saturated rings. The molecule has 0 aliphatic carbocycles. The first-order valence-electron chi connectivity index (χ1n) is 8.59. The molecule has 0 spiro atoms. The van der Waals surface area contributed by atoms with Crippen LogP contribution in [0.5, 0.6) is 0 Å². The first-order valence-corrected chi connectivity index (χ1v) is 9.41. The summed E-state index contributed by atoms with van der Waals surface area (Å²) in [7, 11) is 0. The Morgan fingerprint density at radius 2 is 1.59 bits per heavy atom. The van der Waals surface area contributed by atoms with Gasteiger partial charge < -0.3 is 5.11 Å². The molecule has 6 nitrogen and oxygen atoms in total. The summed E-state index contributed by atoms with van der Waals surface area (Å²) < 4.78 is 4.96. The van der Waals surface area contributed by atoms with E-state index >= 15 is 0 Å². The topological polar surface area (TPSA) is 100 Å². The fourth-order valence-corrected chi connectivity index (χ4v) is 3.77. The van der Waals surface area contributed by atoms with Crippen LogP contribution in [0.2, 0.25) is 0 Å². The van der Waals surface area contributed by atoms with Crippen LogP contribution in [-0.2, 0) is 4.79 Å². The molecule has 0 unspecified atom stereocenters. The van der Waals surface area contributed by atoms with E-state index < -0.39 is 5.97 Å². The van der Waals surface area contributed by atoms with E-state index in [0.29, 0.717) is 16.3 Å². The van der Waals surface area contributed by atoms with E-state index in [1.807, 2.05) is 54.6 Å². The number of carbonyl (C=O) groups is 1. The van der Waals surface area contributed by atoms with E-state index in [4.69, 9.17) is 15.0 Å². The van der Waals surface area contributed by atoms with Crippen molar-refractivity contribution in [1.82, 2.24) is 10.3 Å². The highest BCUT2D eigenvalue weighted by molar-refractivity contribution is 7.16. The largest absolute Gasteiger partial charge is 0.477 e. The summed E-state index contributed by atoms with van der Waals surface area (Å²) in [5.74, 6) is -1.26. The Morgan fingerprint density at radius 3 is 2.28 bits per heavy atom. The smallest absolute Gasteiger partial charge is 0.346 e. The molecule has 4 aromatic rings. The Morgan fingerprint density at radius 1 is 0.931 bits per heavy atom. The summed E-state index contributed by atoms with van der Waals surface area (Å²) in [6.45, 7) is 0. The highest BCUT2D eigenvalue weighted by Gasteiger charge is 2.17. The lowest BCUT2D eigenvalue weighted by Gasteiger charge is -2.03. The summed E-state index contributed by atoms with van der Waals surface area (Å²) >= 11 is 1.31. The first kappa shape index (κ1) is 18.3. The number of rotatable bonds is 5. The van der Waals surface area contributed by atoms with Crippen LogP contribution in [0.15, 0.2) is 76.9 Å². The standard InChI is InChI=1S/C22H13N3O3S/c23-13-17(22(26)27)12-18-10-11-19(29-18)21-20(24-28-25-21)16-8-6-15(7-9-16)14-4-2-1-3-5-14/h1-12H,(H,26,27)/b17-12-. The van der Waals surface area contributed by atoms with Crippen molar-refractivity contribution in [3.63, 3.8) is 0 Å². The highest BCUT2D eigenvalue weighted by atomic mass is 32.1. The number of nitriles is 1. The van der Waals surface area contributed by atoms with E-state index in [0.717, 1.165) is 21.6 Å². The van der Waals surface area contributed by atoms with Gasteiger partial charge in [0.1, 0.15) is 17.3 Å². The lowest BCUT2D eigenvalue weighted by atomic mass is 10.0. The summed E-state index contributed by atoms with van der Waals surface area (Å²) in [6, 6.07) is 23.2. The monoisotopic (exact) mass is 399 g/mol. The van der Waals surface area contributed by atoms with E-state index in [1.165, 1.54) is 17.4 Å². The van der Waals surface area contributed by atoms with Gasteiger partial charge in [0.15, 0.2) is 5.69 Å². The number of carboxylic acids is 1. The number of thiophene rings is 1. The summed E-state index contributed by atoms with van der Waals surface area (Å²) in [6.07, 6.45) is 1.33. The number of carboxylic acid groups (broad SMARTS) is 1. The second-order valence-electron chi connectivity index (χ2n) is 6.08. The van der Waals surface area contributed by atoms with Crippen LogP contribution in [0, 0.1) is 11.3 Å². The van der Waals surface area contributed by atoms with Crippen molar-refractivity contribution >= 4 is 23.4 Å². The predicted molar refractivity (Wildman–Crippen MR) is 110 cm³/mol. The number of hydrogen-bond donors (Lipinski definition) is 1. The van der Waals surface area contributed by atoms with Crippen LogP contribution in [0.1, 0.15) is 4.88 Å². The second kappa shape index (κ2) is 7.92. The first-order chi connectivity index (χ1) is 14.2. The van der Waals surface area contributed by atoms with Gasteiger partial charge in [-0.05, 0) is 39.6 Å². The van der Waals surface area contributed by atoms with Crippen LogP contribution < -0.4 is 0 Å². The molecule has 2 aromatic heterocycles. The zero-order valence-electron chi connectivity index (χ0n) is 14.9. The van der Waals surface area contributed by atoms with E-state index in [2.05, 4.69) is 10.3 Å². The van der Waals surface area contributed by atoms with Crippen molar-refractivity contribution < 1.29 is 14.5 Å². The number of hydrogen-bond acceptors (Lipinski definition) is 6. The maximum Gasteiger partial charge on any atom is 0.346 e. The van der Waals surface area contributed by atoms with Crippen LogP contribution >= 0.6 is 11.3 Å². The van der Waals surface area contributed by atoms with Gasteiger partial charge >= 0.3 is 5.97 Å². The van der Waals surface area contributed by atoms with Gasteiger partial charge in [-0.3, -0.25) is 0 Å². The Labute approximate surface area is 169 Å². The van der Waals surface area contributed by atoms with Crippen LogP contribution in [-0.4, -0.2) is 21.4 Å². The SMILES string of the molecule is N#C/C(=C/c1ccc(-c2nonc2-c2ccc(-c3ccccc3)cc2)s1)C(=O)O. The van der Waals surface area contributed by atoms with Crippen molar-refractivity contribution in [3.8, 4) is 39.0 Å². The summed E-state index contributed by atoms with van der Waals surface area (Å²) in [5, 5.41) is 26.0. The van der Waals surface area contributed by atoms with E-state index in [1.54, 1.807) is 18.2 Å². The molecule has 29 heavy (non-hydrogen) atoms. The molecule has 7 heteroatoms. The Hall–Kier alpha value is -4.02. The molecule has 2 heterocycles. The van der Waals surface area contributed by atoms with Crippen molar-refractivity contribution in [1.29, 1.82) is 5.26 Å². The fraction of sp³-hybridized carbons (Fsp3) is 0. The molecule has 2 aromatic carbocycles. The number of nitrogens with zero attached hydrogens (tertiary/aromatic N) is 3. The summed E-state index contributed by atoms with van der Waals surface area (Å²) in [4.78, 5) is 12.4. The third-order valence-corrected chi connectivity index (χ3v) is 5.29. The molecule has 0 radical (unpaired) electrons. The third kappa shape index (κ3) is 3.83. The number of aromatic nitrogens is 2. The maximum atomic E-state index is 11.0. The molecule has 0 amide bonds. The Kier molecular flexibility index (Phi) is 5.01. The average molecular weight is 399 g/mol. The van der Waals surface area contributed by atoms with Crippen molar-refractivity contribution in [2.24, 2.45) is 0 Å². The zero-order chi connectivity index (χ0) is 20.2. The third-order valence-electron chi connectivity index (χ3n) is 4.25. The Balaban J connectivity index is 1.65. The van der Waals surface area contributed by atoms with Crippen molar-refractivity contribution in [3.05, 3.63) is 77.2 Å². The van der Waals surface area contributed by atoms with Gasteiger partial charge in [-0.2, -0.15) is 5.26 Å². The van der Waals surface area contributed by atoms with Crippen molar-refractivity contribution in [2.75, 3.05) is 0 Å². The lowest BCUT2D eigenvalue weighted by molar-refractivity contribution is -0.132. The fourth-order valence-electron chi connectivity index (χ4n) is 2.83. The van der Waals surface area contributed by atoms with Gasteiger partial charge in [-0.1, -0.05) is 54.6 Å². The molecule has 0 aliphatic heterocycles. The van der Waals surface area contributed by atoms with E-state index in [-0.39, 0.29) is 5.57 Å². The molecule has 1 N–H and O–H groups in total. The van der Waals surface area contributed by atoms with Crippen LogP contribution in [0.25, 0.3) is 39.0 Å². The van der Waals surface area contributed by atoms with Crippen molar-refractivity contribution in [2.45, 2.75) is 0 Å². The van der Waals surface area contributed by atoms with Gasteiger partial charge in [-0.25, -0.2) is 9.42 Å². The Bertz CT molecular complexity index is 1230. The molecule has 0 saturated heterocycles. The van der Waals surface area contributed by atoms with Gasteiger partial charge in [0.25, 0.3) is 0 Å². The second-order valence-corrected chi connectivity index (χ2v) is 7.20. The number of aliphatic carboxylic acids is 1. The van der Waals surface area contributed by atoms with Gasteiger partial charge in [0.05, 0.1) is 4.88 Å². The lowest BCUT2D eigenvalue weighted by Crippen LogP contribution is -1.96. The van der Waals surface area contributed by atoms with Gasteiger partial charge in [0, 0.05) is 10.4 Å². The quantitative estimate of drug-likeness (QED) is 0.369. The average Bonchev–Trinajstić information content (AvgIpc) is 3.42. The highest BCUT2D eigenvalue weighted by Crippen LogP contribution is 2.35. The van der Waals surface area contributed by atoms with E-state index in [9.17, 15) is 4.79 Å². The molecular formula is C22H13N3O3S. The molecule has 0 saturated carbocycles. The van der Waals surface area contributed by atoms with Crippen LogP contribution in [0.4, 0.5) is 0 Å². The zero-order valence-corrected chi connectivity index (χ0v) is 15.8. The molecule has 0 atom stereocenters. The molecule has 4 rings (SSSR count). The van der Waals surface area contributed by atoms with Gasteiger partial charge in [0.2, 0.25) is 0 Å². The predicted octanol–water partition coefficient (Wildman–Crippen LogP) is 5.12. The minimum Gasteiger partial charge on any atom is -0.477 e. The maximum absolute atomic E-state index is 11.0. The summed E-state index contributed by atoms with van der Waals surface area (Å²) in [5.41, 5.74) is 3.91. The molecular weight excluding hydrogens is 386 g/mol. The van der Waals surface area contributed by atoms with Gasteiger partial charge in [-0.15, -0.1) is 11.3 Å². The number of benzene rings is 2. The minimum atomic E-state index is -1.26. The molecule has 0 bridgehead atoms. The minimum absolute atomic E-state index is 0.326. The molecule has 140 valence electrons.